The van der Waals surface area contributed by atoms with Crippen molar-refractivity contribution in [1.29, 1.82) is 0 Å². The number of halogens is 2. The van der Waals surface area contributed by atoms with Gasteiger partial charge >= 0.3 is 0 Å². The Morgan fingerprint density at radius 3 is 2.29 bits per heavy atom. The average Bonchev–Trinajstić information content (AvgIpc) is 2.30. The Labute approximate surface area is 117 Å². The minimum Gasteiger partial charge on any atom is -0.294 e. The van der Waals surface area contributed by atoms with E-state index in [0.29, 0.717) is 6.42 Å². The number of benzene rings is 1. The molecule has 0 aliphatic heterocycles. The number of carbonyl (C=O) groups is 1. The zero-order chi connectivity index (χ0) is 12.8. The van der Waals surface area contributed by atoms with E-state index < -0.39 is 0 Å². The van der Waals surface area contributed by atoms with Crippen LogP contribution in [0.4, 0.5) is 0 Å². The van der Waals surface area contributed by atoms with Gasteiger partial charge in [0.15, 0.2) is 5.78 Å². The molecule has 0 aliphatic carbocycles. The minimum absolute atomic E-state index is 0.224. The van der Waals surface area contributed by atoms with Crippen LogP contribution in [0.15, 0.2) is 12.1 Å². The molecule has 0 heterocycles. The van der Waals surface area contributed by atoms with Gasteiger partial charge in [-0.2, -0.15) is 0 Å². The van der Waals surface area contributed by atoms with Crippen LogP contribution in [0.3, 0.4) is 0 Å². The third-order valence-corrected chi connectivity index (χ3v) is 3.95. The van der Waals surface area contributed by atoms with E-state index in [4.69, 9.17) is 11.6 Å². The molecule has 0 fully saturated rings. The van der Waals surface area contributed by atoms with Crippen molar-refractivity contribution in [3.63, 3.8) is 0 Å². The highest BCUT2D eigenvalue weighted by molar-refractivity contribution is 9.09. The summed E-state index contributed by atoms with van der Waals surface area (Å²) >= 11 is 9.47. The molecule has 3 heteroatoms. The van der Waals surface area contributed by atoms with E-state index in [2.05, 4.69) is 15.9 Å². The fourth-order valence-corrected chi connectivity index (χ4v) is 2.31. The summed E-state index contributed by atoms with van der Waals surface area (Å²) in [7, 11) is 0. The molecule has 0 saturated carbocycles. The average molecular weight is 318 g/mol. The van der Waals surface area contributed by atoms with Gasteiger partial charge in [-0.05, 0) is 49.9 Å². The monoisotopic (exact) mass is 316 g/mol. The summed E-state index contributed by atoms with van der Waals surface area (Å²) in [4.78, 5) is 12.0. The number of carbonyl (C=O) groups excluding carboxylic acids is 1. The van der Waals surface area contributed by atoms with Crippen LogP contribution in [-0.4, -0.2) is 11.1 Å². The molecule has 0 atom stereocenters. The zero-order valence-electron chi connectivity index (χ0n) is 10.4. The molecule has 0 saturated heterocycles. The molecule has 0 aliphatic rings. The number of hydrogen-bond donors (Lipinski definition) is 0. The summed E-state index contributed by atoms with van der Waals surface area (Å²) in [5.74, 6) is 0.224. The highest BCUT2D eigenvalue weighted by Gasteiger charge is 2.09. The highest BCUT2D eigenvalue weighted by atomic mass is 79.9. The van der Waals surface area contributed by atoms with E-state index in [9.17, 15) is 4.79 Å². The van der Waals surface area contributed by atoms with Gasteiger partial charge < -0.3 is 0 Å². The summed E-state index contributed by atoms with van der Waals surface area (Å²) in [5.41, 5.74) is 2.76. The maximum Gasteiger partial charge on any atom is 0.162 e. The van der Waals surface area contributed by atoms with Gasteiger partial charge in [-0.1, -0.05) is 34.0 Å². The molecule has 1 rings (SSSR count). The fraction of sp³-hybridized carbons (Fsp3) is 0.500. The standard InChI is InChI=1S/C14H18BrClO/c1-10-8-12(9-11(2)14(10)16)13(17)6-4-3-5-7-15/h8-9H,3-7H2,1-2H3. The lowest BCUT2D eigenvalue weighted by molar-refractivity contribution is 0.0979. The largest absolute Gasteiger partial charge is 0.294 e. The Morgan fingerprint density at radius 2 is 1.76 bits per heavy atom. The summed E-state index contributed by atoms with van der Waals surface area (Å²) in [6.45, 7) is 3.88. The number of ketones is 1. The maximum absolute atomic E-state index is 12.0. The van der Waals surface area contributed by atoms with Gasteiger partial charge in [0, 0.05) is 22.3 Å². The molecule has 17 heavy (non-hydrogen) atoms. The minimum atomic E-state index is 0.224. The first-order chi connectivity index (χ1) is 8.06. The number of unbranched alkanes of at least 4 members (excludes halogenated alkanes) is 2. The molecule has 0 bridgehead atoms. The third kappa shape index (κ3) is 4.44. The van der Waals surface area contributed by atoms with E-state index in [0.717, 1.165) is 46.3 Å². The van der Waals surface area contributed by atoms with Crippen molar-refractivity contribution in [2.75, 3.05) is 5.33 Å². The molecule has 0 aromatic heterocycles. The van der Waals surface area contributed by atoms with Crippen molar-refractivity contribution in [2.24, 2.45) is 0 Å². The molecule has 0 N–H and O–H groups in total. The quantitative estimate of drug-likeness (QED) is 0.405. The fourth-order valence-electron chi connectivity index (χ4n) is 1.81. The van der Waals surface area contributed by atoms with Gasteiger partial charge in [0.1, 0.15) is 0 Å². The Hall–Kier alpha value is -0.340. The maximum atomic E-state index is 12.0. The van der Waals surface area contributed by atoms with Crippen molar-refractivity contribution in [1.82, 2.24) is 0 Å². The summed E-state index contributed by atoms with van der Waals surface area (Å²) < 4.78 is 0. The second-order valence-electron chi connectivity index (χ2n) is 4.35. The van der Waals surface area contributed by atoms with Gasteiger partial charge in [-0.3, -0.25) is 4.79 Å². The first-order valence-corrected chi connectivity index (χ1v) is 7.42. The Kier molecular flexibility index (Phi) is 6.21. The number of aryl methyl sites for hydroxylation is 2. The Morgan fingerprint density at radius 1 is 1.18 bits per heavy atom. The lowest BCUT2D eigenvalue weighted by Crippen LogP contribution is -2.00. The number of rotatable bonds is 6. The van der Waals surface area contributed by atoms with Gasteiger partial charge in [0.2, 0.25) is 0 Å². The first-order valence-electron chi connectivity index (χ1n) is 5.92. The highest BCUT2D eigenvalue weighted by Crippen LogP contribution is 2.22. The van der Waals surface area contributed by atoms with Crippen LogP contribution in [-0.2, 0) is 0 Å². The van der Waals surface area contributed by atoms with Gasteiger partial charge in [-0.25, -0.2) is 0 Å². The van der Waals surface area contributed by atoms with Crippen LogP contribution < -0.4 is 0 Å². The first kappa shape index (κ1) is 14.7. The molecule has 0 amide bonds. The van der Waals surface area contributed by atoms with Crippen LogP contribution in [0.5, 0.6) is 0 Å². The molecule has 1 aromatic rings. The van der Waals surface area contributed by atoms with Gasteiger partial charge in [-0.15, -0.1) is 0 Å². The molecule has 0 spiro atoms. The van der Waals surface area contributed by atoms with E-state index in [-0.39, 0.29) is 5.78 Å². The van der Waals surface area contributed by atoms with Crippen molar-refractivity contribution in [2.45, 2.75) is 39.5 Å². The number of alkyl halides is 1. The topological polar surface area (TPSA) is 17.1 Å². The third-order valence-electron chi connectivity index (χ3n) is 2.80. The van der Waals surface area contributed by atoms with Crippen molar-refractivity contribution >= 4 is 33.3 Å². The SMILES string of the molecule is Cc1cc(C(=O)CCCCCBr)cc(C)c1Cl. The Bertz CT molecular complexity index is 378. The van der Waals surface area contributed by atoms with E-state index in [1.807, 2.05) is 26.0 Å². The van der Waals surface area contributed by atoms with Crippen LogP contribution in [0.2, 0.25) is 5.02 Å². The van der Waals surface area contributed by atoms with Crippen molar-refractivity contribution < 1.29 is 4.79 Å². The second kappa shape index (κ2) is 7.17. The van der Waals surface area contributed by atoms with Gasteiger partial charge in [0.25, 0.3) is 0 Å². The molecule has 94 valence electrons. The molecular weight excluding hydrogens is 300 g/mol. The predicted molar refractivity (Wildman–Crippen MR) is 77.5 cm³/mol. The van der Waals surface area contributed by atoms with Gasteiger partial charge in [0.05, 0.1) is 0 Å². The summed E-state index contributed by atoms with van der Waals surface area (Å²) in [6, 6.07) is 3.78. The van der Waals surface area contributed by atoms with Crippen LogP contribution in [0, 0.1) is 13.8 Å². The molecular formula is C14H18BrClO. The smallest absolute Gasteiger partial charge is 0.162 e. The van der Waals surface area contributed by atoms with E-state index in [1.165, 1.54) is 0 Å². The molecule has 0 radical (unpaired) electrons. The normalized spacial score (nSPS) is 10.6. The summed E-state index contributed by atoms with van der Waals surface area (Å²) in [5, 5.41) is 1.78. The van der Waals surface area contributed by atoms with Crippen LogP contribution in [0.25, 0.3) is 0 Å². The Balaban J connectivity index is 2.63. The number of hydrogen-bond acceptors (Lipinski definition) is 1. The second-order valence-corrected chi connectivity index (χ2v) is 5.52. The van der Waals surface area contributed by atoms with Crippen molar-refractivity contribution in [3.05, 3.63) is 33.8 Å². The van der Waals surface area contributed by atoms with E-state index >= 15 is 0 Å². The molecule has 1 nitrogen and oxygen atoms in total. The predicted octanol–water partition coefficient (Wildman–Crippen LogP) is 5.09. The van der Waals surface area contributed by atoms with E-state index in [1.54, 1.807) is 0 Å². The van der Waals surface area contributed by atoms with Crippen molar-refractivity contribution in [3.8, 4) is 0 Å². The van der Waals surface area contributed by atoms with Crippen LogP contribution >= 0.6 is 27.5 Å². The number of Topliss-reactive ketones (excluding diaryl/α,β-unsaturated/α-hetero) is 1. The molecule has 1 aromatic carbocycles. The molecule has 0 unspecified atom stereocenters. The zero-order valence-corrected chi connectivity index (χ0v) is 12.7. The lowest BCUT2D eigenvalue weighted by atomic mass is 10.0. The summed E-state index contributed by atoms with van der Waals surface area (Å²) in [6.07, 6.45) is 3.83. The van der Waals surface area contributed by atoms with Crippen LogP contribution in [0.1, 0.15) is 47.2 Å². The lowest BCUT2D eigenvalue weighted by Gasteiger charge is -2.07.